The standard InChI is InChI=1S/C19H21F3N2S/c1-2-14(12-15-6-4-3-5-7-15)13-23-18(25)24-17-10-8-16(9-11-17)19(20,21)22/h3-11,14H,2,12-13H2,1H3,(H2,23,24,25)/t14-/m1/s1. The second-order valence-electron chi connectivity index (χ2n) is 5.87. The summed E-state index contributed by atoms with van der Waals surface area (Å²) in [5.41, 5.74) is 1.13. The van der Waals surface area contributed by atoms with Crippen LogP contribution in [0.25, 0.3) is 0 Å². The molecule has 0 aromatic heterocycles. The second kappa shape index (κ2) is 8.85. The lowest BCUT2D eigenvalue weighted by Gasteiger charge is -2.18. The number of rotatable bonds is 6. The number of benzene rings is 2. The molecule has 134 valence electrons. The van der Waals surface area contributed by atoms with E-state index in [1.807, 2.05) is 18.2 Å². The van der Waals surface area contributed by atoms with E-state index in [0.29, 0.717) is 23.3 Å². The Bertz CT molecular complexity index is 669. The minimum Gasteiger partial charge on any atom is -0.362 e. The summed E-state index contributed by atoms with van der Waals surface area (Å²) >= 11 is 5.23. The number of halogens is 3. The fourth-order valence-corrected chi connectivity index (χ4v) is 2.66. The molecule has 0 heterocycles. The maximum absolute atomic E-state index is 12.6. The SMILES string of the molecule is CC[C@@H](CNC(=S)Nc1ccc(C(F)(F)F)cc1)Cc1ccccc1. The highest BCUT2D eigenvalue weighted by Crippen LogP contribution is 2.29. The molecule has 2 N–H and O–H groups in total. The summed E-state index contributed by atoms with van der Waals surface area (Å²) in [6, 6.07) is 15.0. The number of hydrogen-bond donors (Lipinski definition) is 2. The smallest absolute Gasteiger partial charge is 0.362 e. The van der Waals surface area contributed by atoms with E-state index < -0.39 is 11.7 Å². The summed E-state index contributed by atoms with van der Waals surface area (Å²) < 4.78 is 37.7. The zero-order valence-corrected chi connectivity index (χ0v) is 14.8. The van der Waals surface area contributed by atoms with Gasteiger partial charge in [-0.05, 0) is 54.4 Å². The fourth-order valence-electron chi connectivity index (χ4n) is 2.46. The van der Waals surface area contributed by atoms with Gasteiger partial charge in [-0.3, -0.25) is 0 Å². The van der Waals surface area contributed by atoms with Gasteiger partial charge in [0.1, 0.15) is 0 Å². The van der Waals surface area contributed by atoms with Crippen molar-refractivity contribution in [2.75, 3.05) is 11.9 Å². The van der Waals surface area contributed by atoms with Crippen LogP contribution in [0, 0.1) is 5.92 Å². The van der Waals surface area contributed by atoms with Crippen LogP contribution in [-0.4, -0.2) is 11.7 Å². The Morgan fingerprint density at radius 1 is 1.04 bits per heavy atom. The summed E-state index contributed by atoms with van der Waals surface area (Å²) in [6.07, 6.45) is -2.37. The van der Waals surface area contributed by atoms with Crippen LogP contribution >= 0.6 is 12.2 Å². The molecule has 0 aliphatic heterocycles. The Morgan fingerprint density at radius 3 is 2.24 bits per heavy atom. The summed E-state index contributed by atoms with van der Waals surface area (Å²) in [4.78, 5) is 0. The number of hydrogen-bond acceptors (Lipinski definition) is 1. The molecule has 0 aliphatic carbocycles. The third-order valence-corrected chi connectivity index (χ3v) is 4.21. The van der Waals surface area contributed by atoms with Gasteiger partial charge in [-0.15, -0.1) is 0 Å². The molecule has 0 spiro atoms. The van der Waals surface area contributed by atoms with Crippen molar-refractivity contribution in [3.63, 3.8) is 0 Å². The van der Waals surface area contributed by atoms with Gasteiger partial charge in [-0.1, -0.05) is 43.7 Å². The first-order valence-electron chi connectivity index (χ1n) is 8.14. The van der Waals surface area contributed by atoms with E-state index in [4.69, 9.17) is 12.2 Å². The molecule has 2 nitrogen and oxygen atoms in total. The first-order valence-corrected chi connectivity index (χ1v) is 8.55. The molecule has 6 heteroatoms. The molecule has 1 atom stereocenters. The first-order chi connectivity index (χ1) is 11.9. The van der Waals surface area contributed by atoms with Crippen LogP contribution in [0.1, 0.15) is 24.5 Å². The Morgan fingerprint density at radius 2 is 1.68 bits per heavy atom. The largest absolute Gasteiger partial charge is 0.416 e. The molecular weight excluding hydrogens is 345 g/mol. The molecule has 0 saturated carbocycles. The van der Waals surface area contributed by atoms with Gasteiger partial charge < -0.3 is 10.6 Å². The molecule has 0 bridgehead atoms. The molecule has 2 aromatic rings. The minimum atomic E-state index is -4.33. The van der Waals surface area contributed by atoms with Crippen molar-refractivity contribution >= 4 is 23.0 Å². The summed E-state index contributed by atoms with van der Waals surface area (Å²) in [7, 11) is 0. The van der Waals surface area contributed by atoms with Gasteiger partial charge in [0.15, 0.2) is 5.11 Å². The molecule has 0 aliphatic rings. The van der Waals surface area contributed by atoms with E-state index in [1.54, 1.807) is 0 Å². The van der Waals surface area contributed by atoms with Gasteiger partial charge in [0.2, 0.25) is 0 Å². The van der Waals surface area contributed by atoms with Crippen LogP contribution in [-0.2, 0) is 12.6 Å². The van der Waals surface area contributed by atoms with E-state index in [1.165, 1.54) is 17.7 Å². The van der Waals surface area contributed by atoms with Crippen LogP contribution in [0.5, 0.6) is 0 Å². The zero-order chi connectivity index (χ0) is 18.3. The van der Waals surface area contributed by atoms with E-state index in [9.17, 15) is 13.2 Å². The average molecular weight is 366 g/mol. The lowest BCUT2D eigenvalue weighted by Crippen LogP contribution is -2.33. The maximum Gasteiger partial charge on any atom is 0.416 e. The molecule has 0 fully saturated rings. The summed E-state index contributed by atoms with van der Waals surface area (Å²) in [5.74, 6) is 0.426. The Kier molecular flexibility index (Phi) is 6.82. The zero-order valence-electron chi connectivity index (χ0n) is 13.9. The minimum absolute atomic E-state index is 0.409. The highest BCUT2D eigenvalue weighted by Gasteiger charge is 2.29. The molecule has 2 aromatic carbocycles. The Balaban J connectivity index is 1.83. The highest BCUT2D eigenvalue weighted by molar-refractivity contribution is 7.80. The normalized spacial score (nSPS) is 12.5. The molecule has 0 saturated heterocycles. The van der Waals surface area contributed by atoms with Crippen molar-refractivity contribution in [3.8, 4) is 0 Å². The predicted octanol–water partition coefficient (Wildman–Crippen LogP) is 5.26. The molecule has 2 rings (SSSR count). The highest BCUT2D eigenvalue weighted by atomic mass is 32.1. The van der Waals surface area contributed by atoms with Crippen molar-refractivity contribution < 1.29 is 13.2 Å². The van der Waals surface area contributed by atoms with Crippen LogP contribution in [0.3, 0.4) is 0 Å². The Hall–Kier alpha value is -2.08. The molecule has 0 unspecified atom stereocenters. The van der Waals surface area contributed by atoms with E-state index >= 15 is 0 Å². The fraction of sp³-hybridized carbons (Fsp3) is 0.316. The van der Waals surface area contributed by atoms with Crippen LogP contribution < -0.4 is 10.6 Å². The predicted molar refractivity (Wildman–Crippen MR) is 99.6 cm³/mol. The third-order valence-electron chi connectivity index (χ3n) is 3.97. The van der Waals surface area contributed by atoms with Crippen LogP contribution in [0.2, 0.25) is 0 Å². The maximum atomic E-state index is 12.6. The molecule has 0 amide bonds. The summed E-state index contributed by atoms with van der Waals surface area (Å²) in [5, 5.41) is 6.47. The molecule has 25 heavy (non-hydrogen) atoms. The topological polar surface area (TPSA) is 24.1 Å². The van der Waals surface area contributed by atoms with Crippen LogP contribution in [0.15, 0.2) is 54.6 Å². The van der Waals surface area contributed by atoms with Crippen LogP contribution in [0.4, 0.5) is 18.9 Å². The quantitative estimate of drug-likeness (QED) is 0.682. The van der Waals surface area contributed by atoms with E-state index in [0.717, 1.165) is 25.0 Å². The Labute approximate surface area is 151 Å². The van der Waals surface area contributed by atoms with Gasteiger partial charge in [0, 0.05) is 12.2 Å². The van der Waals surface area contributed by atoms with Gasteiger partial charge in [0.05, 0.1) is 5.56 Å². The van der Waals surface area contributed by atoms with Gasteiger partial charge >= 0.3 is 6.18 Å². The van der Waals surface area contributed by atoms with Crippen molar-refractivity contribution in [2.45, 2.75) is 25.9 Å². The van der Waals surface area contributed by atoms with Gasteiger partial charge in [0.25, 0.3) is 0 Å². The summed E-state index contributed by atoms with van der Waals surface area (Å²) in [6.45, 7) is 2.83. The molecule has 0 radical (unpaired) electrons. The molecular formula is C19H21F3N2S. The third kappa shape index (κ3) is 6.38. The lowest BCUT2D eigenvalue weighted by atomic mass is 9.97. The number of alkyl halides is 3. The van der Waals surface area contributed by atoms with E-state index in [-0.39, 0.29) is 0 Å². The lowest BCUT2D eigenvalue weighted by molar-refractivity contribution is -0.137. The first kappa shape index (κ1) is 19.2. The van der Waals surface area contributed by atoms with Gasteiger partial charge in [-0.2, -0.15) is 13.2 Å². The number of thiocarbonyl (C=S) groups is 1. The number of anilines is 1. The van der Waals surface area contributed by atoms with Crippen molar-refractivity contribution in [3.05, 3.63) is 65.7 Å². The van der Waals surface area contributed by atoms with Crippen molar-refractivity contribution in [2.24, 2.45) is 5.92 Å². The number of nitrogens with one attached hydrogen (secondary N) is 2. The van der Waals surface area contributed by atoms with E-state index in [2.05, 4.69) is 29.7 Å². The monoisotopic (exact) mass is 366 g/mol. The van der Waals surface area contributed by atoms with Crippen molar-refractivity contribution in [1.82, 2.24) is 5.32 Å². The van der Waals surface area contributed by atoms with Crippen molar-refractivity contribution in [1.29, 1.82) is 0 Å². The average Bonchev–Trinajstić information content (AvgIpc) is 2.59. The van der Waals surface area contributed by atoms with Gasteiger partial charge in [-0.25, -0.2) is 0 Å². The second-order valence-corrected chi connectivity index (χ2v) is 6.28.